The molecule has 0 bridgehead atoms. The molecule has 0 radical (unpaired) electrons. The second-order valence-electron chi connectivity index (χ2n) is 3.49. The van der Waals surface area contributed by atoms with Gasteiger partial charge in [-0.15, -0.1) is 0 Å². The Labute approximate surface area is 80.4 Å². The van der Waals surface area contributed by atoms with Gasteiger partial charge in [0, 0.05) is 0 Å². The summed E-state index contributed by atoms with van der Waals surface area (Å²) < 4.78 is 5.82. The van der Waals surface area contributed by atoms with Crippen LogP contribution in [0, 0.1) is 5.92 Å². The molecule has 0 fully saturated rings. The van der Waals surface area contributed by atoms with Crippen molar-refractivity contribution in [3.8, 4) is 0 Å². The standard InChI is InChI=1S/C10H24OSi/c1-5-9(6-2)10(7-3,8-4)11-12/h9H,5-8H2,1-4,12H3. The van der Waals surface area contributed by atoms with Crippen molar-refractivity contribution in [3.63, 3.8) is 0 Å². The molecular weight excluding hydrogens is 164 g/mol. The van der Waals surface area contributed by atoms with Crippen LogP contribution in [0.3, 0.4) is 0 Å². The maximum atomic E-state index is 5.82. The van der Waals surface area contributed by atoms with E-state index in [4.69, 9.17) is 4.43 Å². The van der Waals surface area contributed by atoms with Crippen molar-refractivity contribution < 1.29 is 4.43 Å². The predicted octanol–water partition coefficient (Wildman–Crippen LogP) is 2.28. The summed E-state index contributed by atoms with van der Waals surface area (Å²) in [6, 6.07) is 0. The van der Waals surface area contributed by atoms with Gasteiger partial charge in [0.2, 0.25) is 0 Å². The van der Waals surface area contributed by atoms with Crippen LogP contribution in [0.2, 0.25) is 0 Å². The fourth-order valence-electron chi connectivity index (χ4n) is 2.32. The molecule has 0 aliphatic carbocycles. The molecule has 0 aromatic heterocycles. The summed E-state index contributed by atoms with van der Waals surface area (Å²) in [5, 5.41) is 0. The first-order chi connectivity index (χ1) is 5.70. The molecule has 0 unspecified atom stereocenters. The topological polar surface area (TPSA) is 9.23 Å². The van der Waals surface area contributed by atoms with Crippen LogP contribution >= 0.6 is 0 Å². The summed E-state index contributed by atoms with van der Waals surface area (Å²) in [7, 11) is 0.872. The van der Waals surface area contributed by atoms with Gasteiger partial charge in [-0.05, 0) is 18.8 Å². The van der Waals surface area contributed by atoms with Crippen molar-refractivity contribution >= 4 is 10.5 Å². The largest absolute Gasteiger partial charge is 0.422 e. The Morgan fingerprint density at radius 1 is 1.08 bits per heavy atom. The zero-order valence-corrected chi connectivity index (χ0v) is 11.3. The first kappa shape index (κ1) is 12.2. The minimum absolute atomic E-state index is 0.204. The molecule has 0 atom stereocenters. The molecule has 0 rings (SSSR count). The molecule has 0 saturated heterocycles. The first-order valence-corrected chi connectivity index (χ1v) is 6.07. The van der Waals surface area contributed by atoms with Gasteiger partial charge < -0.3 is 4.43 Å². The lowest BCUT2D eigenvalue weighted by Crippen LogP contribution is -2.38. The Bertz CT molecular complexity index is 98.1. The highest BCUT2D eigenvalue weighted by atomic mass is 28.2. The van der Waals surface area contributed by atoms with Crippen LogP contribution in [0.1, 0.15) is 53.4 Å². The normalized spacial score (nSPS) is 12.8. The zero-order valence-electron chi connectivity index (χ0n) is 9.31. The molecule has 0 saturated carbocycles. The lowest BCUT2D eigenvalue weighted by atomic mass is 9.80. The fourth-order valence-corrected chi connectivity index (χ4v) is 3.23. The lowest BCUT2D eigenvalue weighted by Gasteiger charge is -2.38. The molecule has 0 spiro atoms. The molecule has 1 nitrogen and oxygen atoms in total. The van der Waals surface area contributed by atoms with Crippen molar-refractivity contribution in [2.24, 2.45) is 5.92 Å². The maximum absolute atomic E-state index is 5.82. The highest BCUT2D eigenvalue weighted by molar-refractivity contribution is 5.98. The van der Waals surface area contributed by atoms with Crippen LogP contribution in [-0.4, -0.2) is 16.1 Å². The van der Waals surface area contributed by atoms with E-state index in [1.54, 1.807) is 0 Å². The summed E-state index contributed by atoms with van der Waals surface area (Å²) in [6.45, 7) is 9.04. The number of hydrogen-bond acceptors (Lipinski definition) is 1. The van der Waals surface area contributed by atoms with E-state index in [9.17, 15) is 0 Å². The van der Waals surface area contributed by atoms with Crippen LogP contribution in [0.25, 0.3) is 0 Å². The van der Waals surface area contributed by atoms with E-state index in [-0.39, 0.29) is 5.60 Å². The van der Waals surface area contributed by atoms with Gasteiger partial charge >= 0.3 is 0 Å². The van der Waals surface area contributed by atoms with Gasteiger partial charge in [0.1, 0.15) is 10.5 Å². The van der Waals surface area contributed by atoms with Gasteiger partial charge in [-0.1, -0.05) is 40.5 Å². The predicted molar refractivity (Wildman–Crippen MR) is 58.4 cm³/mol. The van der Waals surface area contributed by atoms with Crippen LogP contribution < -0.4 is 0 Å². The average Bonchev–Trinajstić information content (AvgIpc) is 2.14. The van der Waals surface area contributed by atoms with Gasteiger partial charge in [-0.25, -0.2) is 0 Å². The molecule has 0 amide bonds. The van der Waals surface area contributed by atoms with Crippen molar-refractivity contribution in [1.82, 2.24) is 0 Å². The number of hydrogen-bond donors (Lipinski definition) is 0. The van der Waals surface area contributed by atoms with Gasteiger partial charge in [0.05, 0.1) is 5.60 Å². The van der Waals surface area contributed by atoms with Crippen LogP contribution in [-0.2, 0) is 4.43 Å². The summed E-state index contributed by atoms with van der Waals surface area (Å²) in [5.74, 6) is 0.755. The van der Waals surface area contributed by atoms with E-state index in [1.165, 1.54) is 25.7 Å². The Hall–Kier alpha value is 0.177. The summed E-state index contributed by atoms with van der Waals surface area (Å²) in [6.07, 6.45) is 4.83. The van der Waals surface area contributed by atoms with Gasteiger partial charge in [0.25, 0.3) is 0 Å². The summed E-state index contributed by atoms with van der Waals surface area (Å²) in [5.41, 5.74) is 0.204. The Morgan fingerprint density at radius 2 is 1.50 bits per heavy atom. The second kappa shape index (κ2) is 5.76. The first-order valence-electron chi connectivity index (χ1n) is 5.25. The molecule has 2 heteroatoms. The molecule has 0 aliphatic heterocycles. The quantitative estimate of drug-likeness (QED) is 0.581. The maximum Gasteiger partial charge on any atom is 0.146 e. The van der Waals surface area contributed by atoms with Crippen LogP contribution in [0.4, 0.5) is 0 Å². The van der Waals surface area contributed by atoms with Crippen LogP contribution in [0.15, 0.2) is 0 Å². The molecule has 0 aromatic rings. The summed E-state index contributed by atoms with van der Waals surface area (Å²) in [4.78, 5) is 0. The Balaban J connectivity index is 4.42. The van der Waals surface area contributed by atoms with Crippen molar-refractivity contribution in [3.05, 3.63) is 0 Å². The highest BCUT2D eigenvalue weighted by Crippen LogP contribution is 2.33. The Morgan fingerprint density at radius 3 is 1.58 bits per heavy atom. The molecule has 12 heavy (non-hydrogen) atoms. The third-order valence-electron chi connectivity index (χ3n) is 3.33. The third-order valence-corrected chi connectivity index (χ3v) is 4.15. The van der Waals surface area contributed by atoms with E-state index < -0.39 is 0 Å². The molecular formula is C10H24OSi. The van der Waals surface area contributed by atoms with Crippen molar-refractivity contribution in [1.29, 1.82) is 0 Å². The van der Waals surface area contributed by atoms with Crippen molar-refractivity contribution in [2.45, 2.75) is 59.0 Å². The molecule has 0 aromatic carbocycles. The average molecular weight is 188 g/mol. The molecule has 0 N–H and O–H groups in total. The van der Waals surface area contributed by atoms with Gasteiger partial charge in [0.15, 0.2) is 0 Å². The molecule has 0 aliphatic rings. The van der Waals surface area contributed by atoms with Gasteiger partial charge in [-0.2, -0.15) is 0 Å². The summed E-state index contributed by atoms with van der Waals surface area (Å²) >= 11 is 0. The second-order valence-corrected chi connectivity index (χ2v) is 3.90. The zero-order chi connectivity index (χ0) is 9.61. The third kappa shape index (κ3) is 2.33. The highest BCUT2D eigenvalue weighted by Gasteiger charge is 2.32. The van der Waals surface area contributed by atoms with E-state index in [0.29, 0.717) is 0 Å². The minimum atomic E-state index is 0.204. The minimum Gasteiger partial charge on any atom is -0.422 e. The lowest BCUT2D eigenvalue weighted by molar-refractivity contribution is 0.00360. The smallest absolute Gasteiger partial charge is 0.146 e. The van der Waals surface area contributed by atoms with E-state index in [1.807, 2.05) is 0 Å². The fraction of sp³-hybridized carbons (Fsp3) is 1.00. The number of rotatable bonds is 6. The van der Waals surface area contributed by atoms with Crippen LogP contribution in [0.5, 0.6) is 0 Å². The monoisotopic (exact) mass is 188 g/mol. The van der Waals surface area contributed by atoms with E-state index in [0.717, 1.165) is 16.4 Å². The van der Waals surface area contributed by atoms with E-state index in [2.05, 4.69) is 27.7 Å². The van der Waals surface area contributed by atoms with E-state index >= 15 is 0 Å². The Kier molecular flexibility index (Phi) is 5.84. The van der Waals surface area contributed by atoms with Crippen molar-refractivity contribution in [2.75, 3.05) is 0 Å². The van der Waals surface area contributed by atoms with Gasteiger partial charge in [-0.3, -0.25) is 0 Å². The molecule has 0 heterocycles. The molecule has 74 valence electrons. The SMILES string of the molecule is CCC(CC)C(CC)(CC)O[SiH3].